The monoisotopic (exact) mass is 361 g/mol. The molecular formula is C18H20ClN3O3. The molecule has 25 heavy (non-hydrogen) atoms. The number of aryl methyl sites for hydroxylation is 1. The minimum atomic E-state index is -0.149. The van der Waals surface area contributed by atoms with E-state index in [0.29, 0.717) is 40.7 Å². The van der Waals surface area contributed by atoms with Crippen molar-refractivity contribution in [2.45, 2.75) is 32.7 Å². The smallest absolute Gasteiger partial charge is 0.259 e. The molecule has 1 fully saturated rings. The minimum Gasteiger partial charge on any atom is -0.360 e. The Kier molecular flexibility index (Phi) is 5.08. The van der Waals surface area contributed by atoms with Gasteiger partial charge in [0.25, 0.3) is 5.91 Å². The van der Waals surface area contributed by atoms with Crippen LogP contribution in [0.5, 0.6) is 0 Å². The molecule has 1 N–H and O–H groups in total. The van der Waals surface area contributed by atoms with E-state index in [0.717, 1.165) is 12.8 Å². The summed E-state index contributed by atoms with van der Waals surface area (Å²) in [7, 11) is 0. The molecule has 1 atom stereocenters. The van der Waals surface area contributed by atoms with Crippen LogP contribution < -0.4 is 5.32 Å². The lowest BCUT2D eigenvalue weighted by Gasteiger charge is -2.33. The fourth-order valence-corrected chi connectivity index (χ4v) is 3.41. The average Bonchev–Trinajstić information content (AvgIpc) is 2.95. The molecule has 0 bridgehead atoms. The summed E-state index contributed by atoms with van der Waals surface area (Å²) >= 11 is 6.26. The molecule has 0 spiro atoms. The number of carbonyl (C=O) groups is 2. The molecule has 2 aromatic rings. The Morgan fingerprint density at radius 3 is 2.84 bits per heavy atom. The first-order valence-corrected chi connectivity index (χ1v) is 8.62. The quantitative estimate of drug-likeness (QED) is 0.911. The van der Waals surface area contributed by atoms with Crippen molar-refractivity contribution in [2.24, 2.45) is 0 Å². The van der Waals surface area contributed by atoms with E-state index >= 15 is 0 Å². The summed E-state index contributed by atoms with van der Waals surface area (Å²) in [6.07, 6.45) is 1.70. The molecule has 2 heterocycles. The Balaban J connectivity index is 1.89. The number of nitrogens with one attached hydrogen (secondary N) is 1. The van der Waals surface area contributed by atoms with Crippen LogP contribution in [0.3, 0.4) is 0 Å². The van der Waals surface area contributed by atoms with E-state index in [-0.39, 0.29) is 17.9 Å². The summed E-state index contributed by atoms with van der Waals surface area (Å²) in [5, 5.41) is 7.46. The normalized spacial score (nSPS) is 17.4. The highest BCUT2D eigenvalue weighted by molar-refractivity contribution is 6.33. The molecule has 1 aromatic carbocycles. The van der Waals surface area contributed by atoms with Gasteiger partial charge in [0.05, 0.1) is 5.02 Å². The highest BCUT2D eigenvalue weighted by Gasteiger charge is 2.30. The van der Waals surface area contributed by atoms with Gasteiger partial charge in [-0.1, -0.05) is 35.0 Å². The molecule has 132 valence electrons. The zero-order valence-electron chi connectivity index (χ0n) is 14.2. The Labute approximate surface area is 151 Å². The Hall–Kier alpha value is -2.34. The van der Waals surface area contributed by atoms with Gasteiger partial charge >= 0.3 is 0 Å². The number of rotatable bonds is 3. The Morgan fingerprint density at radius 1 is 1.36 bits per heavy atom. The first-order chi connectivity index (χ1) is 12.0. The van der Waals surface area contributed by atoms with Gasteiger partial charge in [-0.3, -0.25) is 9.59 Å². The molecule has 0 saturated carbocycles. The van der Waals surface area contributed by atoms with Crippen LogP contribution in [-0.2, 0) is 4.79 Å². The maximum absolute atomic E-state index is 13.1. The lowest BCUT2D eigenvalue weighted by atomic mass is 10.0. The number of piperidine rings is 1. The Morgan fingerprint density at radius 2 is 2.12 bits per heavy atom. The SMILES string of the molecule is CC(=O)NC1CCCN(C(=O)c2c(-c3ccccc3Cl)noc2C)C1. The van der Waals surface area contributed by atoms with Gasteiger partial charge in [0.1, 0.15) is 17.0 Å². The summed E-state index contributed by atoms with van der Waals surface area (Å²) in [6.45, 7) is 4.32. The lowest BCUT2D eigenvalue weighted by molar-refractivity contribution is -0.120. The molecule has 1 unspecified atom stereocenters. The predicted molar refractivity (Wildman–Crippen MR) is 94.4 cm³/mol. The van der Waals surface area contributed by atoms with Crippen molar-refractivity contribution in [3.63, 3.8) is 0 Å². The van der Waals surface area contributed by atoms with Crippen molar-refractivity contribution in [3.05, 3.63) is 40.6 Å². The molecule has 0 aliphatic carbocycles. The maximum Gasteiger partial charge on any atom is 0.259 e. The second kappa shape index (κ2) is 7.27. The summed E-state index contributed by atoms with van der Waals surface area (Å²) in [5.41, 5.74) is 1.55. The number of carbonyl (C=O) groups excluding carboxylic acids is 2. The highest BCUT2D eigenvalue weighted by Crippen LogP contribution is 2.32. The molecule has 1 saturated heterocycles. The number of hydrogen-bond donors (Lipinski definition) is 1. The zero-order chi connectivity index (χ0) is 18.0. The third kappa shape index (κ3) is 3.69. The number of halogens is 1. The van der Waals surface area contributed by atoms with Crippen LogP contribution in [-0.4, -0.2) is 41.0 Å². The molecule has 1 aliphatic rings. The number of likely N-dealkylation sites (tertiary alicyclic amines) is 1. The molecule has 3 rings (SSSR count). The number of aromatic nitrogens is 1. The number of nitrogens with zero attached hydrogens (tertiary/aromatic N) is 2. The van der Waals surface area contributed by atoms with Crippen molar-refractivity contribution in [3.8, 4) is 11.3 Å². The van der Waals surface area contributed by atoms with Crippen LogP contribution in [0.4, 0.5) is 0 Å². The van der Waals surface area contributed by atoms with E-state index in [4.69, 9.17) is 16.1 Å². The molecule has 1 aliphatic heterocycles. The fourth-order valence-electron chi connectivity index (χ4n) is 3.19. The second-order valence-electron chi connectivity index (χ2n) is 6.23. The minimum absolute atomic E-state index is 0.0286. The largest absolute Gasteiger partial charge is 0.360 e. The molecule has 6 nitrogen and oxygen atoms in total. The van der Waals surface area contributed by atoms with Gasteiger partial charge in [-0.2, -0.15) is 0 Å². The van der Waals surface area contributed by atoms with Gasteiger partial charge in [-0.05, 0) is 25.8 Å². The summed E-state index contributed by atoms with van der Waals surface area (Å²) in [5.74, 6) is 0.225. The Bertz CT molecular complexity index is 803. The van der Waals surface area contributed by atoms with Crippen molar-refractivity contribution in [1.82, 2.24) is 15.4 Å². The van der Waals surface area contributed by atoms with Crippen LogP contribution in [0.15, 0.2) is 28.8 Å². The lowest BCUT2D eigenvalue weighted by Crippen LogP contribution is -2.49. The van der Waals surface area contributed by atoms with Crippen LogP contribution >= 0.6 is 11.6 Å². The van der Waals surface area contributed by atoms with Crippen LogP contribution in [0.1, 0.15) is 35.9 Å². The first-order valence-electron chi connectivity index (χ1n) is 8.25. The summed E-state index contributed by atoms with van der Waals surface area (Å²) < 4.78 is 5.28. The highest BCUT2D eigenvalue weighted by atomic mass is 35.5. The van der Waals surface area contributed by atoms with Gasteiger partial charge in [-0.15, -0.1) is 0 Å². The number of benzene rings is 1. The maximum atomic E-state index is 13.1. The van der Waals surface area contributed by atoms with E-state index in [1.54, 1.807) is 17.9 Å². The van der Waals surface area contributed by atoms with Gasteiger partial charge in [0.15, 0.2) is 0 Å². The molecule has 7 heteroatoms. The first kappa shape index (κ1) is 17.5. The molecule has 1 aromatic heterocycles. The van der Waals surface area contributed by atoms with Gasteiger partial charge in [0.2, 0.25) is 5.91 Å². The summed E-state index contributed by atoms with van der Waals surface area (Å²) in [4.78, 5) is 26.1. The van der Waals surface area contributed by atoms with Gasteiger partial charge in [-0.25, -0.2) is 0 Å². The molecule has 0 radical (unpaired) electrons. The van der Waals surface area contributed by atoms with Crippen LogP contribution in [0.2, 0.25) is 5.02 Å². The van der Waals surface area contributed by atoms with Crippen molar-refractivity contribution < 1.29 is 14.1 Å². The summed E-state index contributed by atoms with van der Waals surface area (Å²) in [6, 6.07) is 7.20. The van der Waals surface area contributed by atoms with Gasteiger partial charge < -0.3 is 14.7 Å². The predicted octanol–water partition coefficient (Wildman–Crippen LogP) is 3.04. The average molecular weight is 362 g/mol. The number of amides is 2. The van der Waals surface area contributed by atoms with E-state index in [9.17, 15) is 9.59 Å². The van der Waals surface area contributed by atoms with E-state index in [1.807, 2.05) is 18.2 Å². The van der Waals surface area contributed by atoms with Crippen LogP contribution in [0.25, 0.3) is 11.3 Å². The van der Waals surface area contributed by atoms with Crippen molar-refractivity contribution in [2.75, 3.05) is 13.1 Å². The van der Waals surface area contributed by atoms with E-state index in [2.05, 4.69) is 10.5 Å². The molecular weight excluding hydrogens is 342 g/mol. The van der Waals surface area contributed by atoms with Crippen LogP contribution in [0, 0.1) is 6.92 Å². The van der Waals surface area contributed by atoms with E-state index in [1.165, 1.54) is 6.92 Å². The van der Waals surface area contributed by atoms with E-state index < -0.39 is 0 Å². The van der Waals surface area contributed by atoms with Crippen molar-refractivity contribution >= 4 is 23.4 Å². The third-order valence-electron chi connectivity index (χ3n) is 4.32. The van der Waals surface area contributed by atoms with Gasteiger partial charge in [0, 0.05) is 31.6 Å². The standard InChI is InChI=1S/C18H20ClN3O3/c1-11-16(17(21-25-11)14-7-3-4-8-15(14)19)18(24)22-9-5-6-13(10-22)20-12(2)23/h3-4,7-8,13H,5-6,9-10H2,1-2H3,(H,20,23). The van der Waals surface area contributed by atoms with Crippen molar-refractivity contribution in [1.29, 1.82) is 0 Å². The molecule has 2 amide bonds. The third-order valence-corrected chi connectivity index (χ3v) is 4.65. The fraction of sp³-hybridized carbons (Fsp3) is 0.389. The zero-order valence-corrected chi connectivity index (χ0v) is 15.0. The topological polar surface area (TPSA) is 75.4 Å². The second-order valence-corrected chi connectivity index (χ2v) is 6.64. The number of hydrogen-bond acceptors (Lipinski definition) is 4.